The number of anilines is 1. The second kappa shape index (κ2) is 12.2. The van der Waals surface area contributed by atoms with Crippen LogP contribution in [0.2, 0.25) is 0 Å². The SMILES string of the molecule is CC1(C)C(/C=C/C=C/C=C/C=C2/N(CS(=O)(=O)O)c3ccc(S(=O)(=O)O)cc3C2(C)C)=[N+](CS(=O)(=O)O)c2ccc(S(=O)(=O)O)cc21. The van der Waals surface area contributed by atoms with E-state index in [4.69, 9.17) is 0 Å². The lowest BCUT2D eigenvalue weighted by molar-refractivity contribution is -0.416. The summed E-state index contributed by atoms with van der Waals surface area (Å²) in [6, 6.07) is 7.42. The number of fused-ring (bicyclic) bond motifs is 2. The molecule has 2 heterocycles. The van der Waals surface area contributed by atoms with Crippen molar-refractivity contribution >= 4 is 57.6 Å². The molecule has 2 aliphatic heterocycles. The van der Waals surface area contributed by atoms with Gasteiger partial charge in [0, 0.05) is 34.5 Å². The fraction of sp³-hybridized carbons (Fsp3) is 0.276. The molecule has 0 aromatic heterocycles. The molecule has 0 spiro atoms. The Hall–Kier alpha value is -3.49. The molecule has 18 heteroatoms. The van der Waals surface area contributed by atoms with Gasteiger partial charge in [0.05, 0.1) is 15.2 Å². The quantitative estimate of drug-likeness (QED) is 0.156. The van der Waals surface area contributed by atoms with Gasteiger partial charge in [-0.15, -0.1) is 0 Å². The van der Waals surface area contributed by atoms with Crippen LogP contribution in [0.25, 0.3) is 0 Å². The van der Waals surface area contributed by atoms with Gasteiger partial charge in [0.2, 0.25) is 5.69 Å². The molecule has 2 aromatic rings. The summed E-state index contributed by atoms with van der Waals surface area (Å²) in [5.74, 6) is -1.62. The lowest BCUT2D eigenvalue weighted by atomic mass is 9.81. The van der Waals surface area contributed by atoms with Crippen LogP contribution in [-0.2, 0) is 51.3 Å². The van der Waals surface area contributed by atoms with E-state index < -0.39 is 63.1 Å². The lowest BCUT2D eigenvalue weighted by Gasteiger charge is -2.25. The predicted octanol–water partition coefficient (Wildman–Crippen LogP) is 3.60. The maximum Gasteiger partial charge on any atom is 0.326 e. The van der Waals surface area contributed by atoms with Gasteiger partial charge in [0.15, 0.2) is 11.6 Å². The highest BCUT2D eigenvalue weighted by Crippen LogP contribution is 2.48. The average molecular weight is 730 g/mol. The largest absolute Gasteiger partial charge is 0.327 e. The summed E-state index contributed by atoms with van der Waals surface area (Å²) in [6.07, 6.45) is 11.1. The second-order valence-electron chi connectivity index (χ2n) is 11.9. The van der Waals surface area contributed by atoms with Crippen LogP contribution in [0.3, 0.4) is 0 Å². The normalized spacial score (nSPS) is 19.1. The summed E-state index contributed by atoms with van der Waals surface area (Å²) in [5, 5.41) is 0. The first-order chi connectivity index (χ1) is 21.3. The Morgan fingerprint density at radius 1 is 0.681 bits per heavy atom. The van der Waals surface area contributed by atoms with Crippen molar-refractivity contribution in [2.45, 2.75) is 48.3 Å². The highest BCUT2D eigenvalue weighted by molar-refractivity contribution is 7.86. The Balaban J connectivity index is 1.65. The number of hydrogen-bond donors (Lipinski definition) is 4. The van der Waals surface area contributed by atoms with Gasteiger partial charge in [-0.05, 0) is 55.8 Å². The maximum absolute atomic E-state index is 11.8. The molecule has 0 saturated heterocycles. The van der Waals surface area contributed by atoms with E-state index in [2.05, 4.69) is 0 Å². The molecule has 14 nitrogen and oxygen atoms in total. The van der Waals surface area contributed by atoms with Crippen LogP contribution in [0.15, 0.2) is 94.4 Å². The van der Waals surface area contributed by atoms with Crippen LogP contribution in [0, 0.1) is 0 Å². The molecule has 0 amide bonds. The summed E-state index contributed by atoms with van der Waals surface area (Å²) in [6.45, 7) is 6.88. The fourth-order valence-corrected chi connectivity index (χ4v) is 7.94. The number of rotatable bonds is 10. The zero-order valence-electron chi connectivity index (χ0n) is 25.5. The molecular formula is C29H33N2O12S4+. The second-order valence-corrected chi connectivity index (χ2v) is 17.6. The molecule has 2 aliphatic rings. The van der Waals surface area contributed by atoms with E-state index in [-0.39, 0.29) is 9.79 Å². The summed E-state index contributed by atoms with van der Waals surface area (Å²) >= 11 is 0. The van der Waals surface area contributed by atoms with Crippen molar-refractivity contribution in [3.63, 3.8) is 0 Å². The third-order valence-electron chi connectivity index (χ3n) is 7.86. The first-order valence-electron chi connectivity index (χ1n) is 13.6. The Morgan fingerprint density at radius 3 is 1.77 bits per heavy atom. The molecule has 0 radical (unpaired) electrons. The van der Waals surface area contributed by atoms with E-state index in [1.54, 1.807) is 70.2 Å². The van der Waals surface area contributed by atoms with Gasteiger partial charge in [-0.25, -0.2) is 0 Å². The molecule has 0 saturated carbocycles. The van der Waals surface area contributed by atoms with Crippen molar-refractivity contribution < 1.29 is 56.5 Å². The van der Waals surface area contributed by atoms with E-state index in [1.807, 2.05) is 0 Å². The molecule has 0 unspecified atom stereocenters. The zero-order chi connectivity index (χ0) is 35.4. The Labute approximate surface area is 273 Å². The van der Waals surface area contributed by atoms with E-state index in [0.29, 0.717) is 33.9 Å². The molecule has 47 heavy (non-hydrogen) atoms. The van der Waals surface area contributed by atoms with Gasteiger partial charge in [-0.3, -0.25) is 18.2 Å². The van der Waals surface area contributed by atoms with Crippen molar-refractivity contribution in [1.29, 1.82) is 0 Å². The van der Waals surface area contributed by atoms with Crippen molar-refractivity contribution in [2.24, 2.45) is 0 Å². The molecule has 0 aliphatic carbocycles. The summed E-state index contributed by atoms with van der Waals surface area (Å²) in [4.78, 5) is 0.575. The first kappa shape index (κ1) is 36.3. The molecule has 2 aromatic carbocycles. The maximum atomic E-state index is 11.8. The van der Waals surface area contributed by atoms with E-state index in [9.17, 15) is 51.9 Å². The van der Waals surface area contributed by atoms with Gasteiger partial charge in [0.25, 0.3) is 36.2 Å². The van der Waals surface area contributed by atoms with Crippen molar-refractivity contribution in [2.75, 3.05) is 16.7 Å². The smallest absolute Gasteiger partial charge is 0.326 e. The first-order valence-corrected chi connectivity index (χ1v) is 19.7. The highest BCUT2D eigenvalue weighted by Gasteiger charge is 2.46. The zero-order valence-corrected chi connectivity index (χ0v) is 28.8. The van der Waals surface area contributed by atoms with Crippen LogP contribution in [-0.4, -0.2) is 73.9 Å². The van der Waals surface area contributed by atoms with E-state index in [0.717, 1.165) is 12.1 Å². The number of hydrogen-bond acceptors (Lipinski definition) is 9. The molecule has 4 N–H and O–H groups in total. The van der Waals surface area contributed by atoms with E-state index >= 15 is 0 Å². The highest BCUT2D eigenvalue weighted by atomic mass is 32.2. The topological polar surface area (TPSA) is 224 Å². The van der Waals surface area contributed by atoms with Crippen LogP contribution >= 0.6 is 0 Å². The van der Waals surface area contributed by atoms with Crippen LogP contribution in [0.5, 0.6) is 0 Å². The van der Waals surface area contributed by atoms with Gasteiger partial charge < -0.3 is 4.90 Å². The summed E-state index contributed by atoms with van der Waals surface area (Å²) in [5.41, 5.74) is 0.393. The van der Waals surface area contributed by atoms with E-state index in [1.165, 1.54) is 33.7 Å². The minimum absolute atomic E-state index is 0.327. The minimum Gasteiger partial charge on any atom is -0.327 e. The Bertz CT molecular complexity index is 2250. The molecule has 4 rings (SSSR count). The van der Waals surface area contributed by atoms with Gasteiger partial charge in [-0.1, -0.05) is 44.2 Å². The van der Waals surface area contributed by atoms with Crippen LogP contribution in [0.4, 0.5) is 11.4 Å². The van der Waals surface area contributed by atoms with Gasteiger partial charge >= 0.3 is 10.1 Å². The molecule has 0 atom stereocenters. The fourth-order valence-electron chi connectivity index (χ4n) is 5.72. The molecular weight excluding hydrogens is 697 g/mol. The lowest BCUT2D eigenvalue weighted by Crippen LogP contribution is -2.30. The van der Waals surface area contributed by atoms with Gasteiger partial charge in [-0.2, -0.15) is 38.2 Å². The molecule has 254 valence electrons. The van der Waals surface area contributed by atoms with Crippen molar-refractivity contribution in [3.05, 3.63) is 95.8 Å². The number of benzene rings is 2. The monoisotopic (exact) mass is 729 g/mol. The van der Waals surface area contributed by atoms with Crippen LogP contribution < -0.4 is 4.90 Å². The molecule has 0 fully saturated rings. The average Bonchev–Trinajstić information content (AvgIpc) is 3.23. The predicted molar refractivity (Wildman–Crippen MR) is 174 cm³/mol. The summed E-state index contributed by atoms with van der Waals surface area (Å²) < 4.78 is 134. The Morgan fingerprint density at radius 2 is 1.21 bits per heavy atom. The van der Waals surface area contributed by atoms with Crippen LogP contribution in [0.1, 0.15) is 38.8 Å². The Kier molecular flexibility index (Phi) is 9.43. The molecule has 0 bridgehead atoms. The standard InChI is InChI=1S/C29H32N2O12S4/c1-28(2)22-16-20(46(38,39)40)12-14-24(22)30(18-44(32,33)34)26(28)10-8-6-5-7-9-11-27-29(3,4)23-17-21(47(41,42)43)13-15-25(23)31(27)19-45(35,36)37/h5-17H,18-19H2,1-4H3,(H3-,32,33,34,35,36,37,38,39,40,41,42,43)/p+1. The van der Waals surface area contributed by atoms with Crippen molar-refractivity contribution in [3.8, 4) is 0 Å². The number of nitrogens with zero attached hydrogens (tertiary/aromatic N) is 2. The minimum atomic E-state index is -4.54. The van der Waals surface area contributed by atoms with Crippen molar-refractivity contribution in [1.82, 2.24) is 0 Å². The van der Waals surface area contributed by atoms with Gasteiger partial charge in [0.1, 0.15) is 0 Å². The number of allylic oxidation sites excluding steroid dienone is 8. The third kappa shape index (κ3) is 7.81. The third-order valence-corrected chi connectivity index (χ3v) is 10.7. The summed E-state index contributed by atoms with van der Waals surface area (Å²) in [7, 11) is -18.1.